The van der Waals surface area contributed by atoms with Crippen molar-refractivity contribution >= 4 is 38.3 Å². The largest absolute Gasteiger partial charge is 0.386 e. The van der Waals surface area contributed by atoms with Crippen LogP contribution in [0.5, 0.6) is 0 Å². The van der Waals surface area contributed by atoms with Crippen LogP contribution in [0.3, 0.4) is 0 Å². The zero-order valence-corrected chi connectivity index (χ0v) is 18.0. The monoisotopic (exact) mass is 427 g/mol. The van der Waals surface area contributed by atoms with Crippen LogP contribution in [0, 0.1) is 19.8 Å². The highest BCUT2D eigenvalue weighted by Crippen LogP contribution is 2.37. The fourth-order valence-electron chi connectivity index (χ4n) is 3.71. The number of hydrogen-bond acceptors (Lipinski definition) is 5. The maximum absolute atomic E-state index is 13.5. The molecule has 1 N–H and O–H groups in total. The Kier molecular flexibility index (Phi) is 5.00. The van der Waals surface area contributed by atoms with Gasteiger partial charge in [-0.3, -0.25) is 4.79 Å². The number of anilines is 1. The molecule has 1 amide bonds. The SMILES string of the molecule is Cc1ccc(C2=NOC(c3ccc(C)cc3)C2C(=O)Nc2nc3ccccc3s2)cc1. The number of benzene rings is 3. The normalized spacial score (nSPS) is 17.9. The van der Waals surface area contributed by atoms with Crippen molar-refractivity contribution in [2.75, 3.05) is 5.32 Å². The molecule has 0 spiro atoms. The van der Waals surface area contributed by atoms with E-state index < -0.39 is 12.0 Å². The lowest BCUT2D eigenvalue weighted by atomic mass is 9.87. The third kappa shape index (κ3) is 3.82. The predicted molar refractivity (Wildman–Crippen MR) is 124 cm³/mol. The molecule has 0 saturated heterocycles. The average Bonchev–Trinajstić information content (AvgIpc) is 3.39. The highest BCUT2D eigenvalue weighted by molar-refractivity contribution is 7.22. The van der Waals surface area contributed by atoms with Crippen LogP contribution in [0.2, 0.25) is 0 Å². The number of carbonyl (C=O) groups excluding carboxylic acids is 1. The van der Waals surface area contributed by atoms with Crippen LogP contribution in [-0.4, -0.2) is 16.6 Å². The molecule has 1 aromatic heterocycles. The molecule has 2 unspecified atom stereocenters. The van der Waals surface area contributed by atoms with Gasteiger partial charge in [0.25, 0.3) is 0 Å². The zero-order valence-electron chi connectivity index (χ0n) is 17.2. The van der Waals surface area contributed by atoms with Crippen molar-refractivity contribution in [3.05, 3.63) is 95.1 Å². The average molecular weight is 428 g/mol. The summed E-state index contributed by atoms with van der Waals surface area (Å²) in [4.78, 5) is 23.9. The minimum atomic E-state index is -0.586. The highest BCUT2D eigenvalue weighted by atomic mass is 32.1. The van der Waals surface area contributed by atoms with Gasteiger partial charge in [-0.2, -0.15) is 0 Å². The summed E-state index contributed by atoms with van der Waals surface area (Å²) in [7, 11) is 0. The van der Waals surface area contributed by atoms with Gasteiger partial charge in [0.15, 0.2) is 11.2 Å². The summed E-state index contributed by atoms with van der Waals surface area (Å²) in [6.07, 6.45) is -0.494. The summed E-state index contributed by atoms with van der Waals surface area (Å²) in [6.45, 7) is 4.06. The van der Waals surface area contributed by atoms with Crippen LogP contribution in [-0.2, 0) is 9.63 Å². The Morgan fingerprint density at radius 1 is 0.935 bits per heavy atom. The summed E-state index contributed by atoms with van der Waals surface area (Å²) in [6, 6.07) is 23.8. The molecule has 6 heteroatoms. The molecule has 4 aromatic rings. The van der Waals surface area contributed by atoms with E-state index in [4.69, 9.17) is 4.84 Å². The molecule has 31 heavy (non-hydrogen) atoms. The third-order valence-electron chi connectivity index (χ3n) is 5.42. The number of para-hydroxylation sites is 1. The summed E-state index contributed by atoms with van der Waals surface area (Å²) < 4.78 is 1.03. The molecule has 3 aromatic carbocycles. The molecular weight excluding hydrogens is 406 g/mol. The second-order valence-electron chi connectivity index (χ2n) is 7.73. The first kappa shape index (κ1) is 19.5. The molecule has 0 bridgehead atoms. The van der Waals surface area contributed by atoms with Gasteiger partial charge in [-0.15, -0.1) is 0 Å². The third-order valence-corrected chi connectivity index (χ3v) is 6.37. The number of rotatable bonds is 4. The van der Waals surface area contributed by atoms with E-state index in [0.717, 1.165) is 32.5 Å². The number of carbonyl (C=O) groups is 1. The van der Waals surface area contributed by atoms with E-state index in [9.17, 15) is 4.79 Å². The van der Waals surface area contributed by atoms with E-state index in [-0.39, 0.29) is 5.91 Å². The van der Waals surface area contributed by atoms with Gasteiger partial charge in [0.1, 0.15) is 11.6 Å². The number of thiazole rings is 1. The molecule has 0 radical (unpaired) electrons. The van der Waals surface area contributed by atoms with Crippen LogP contribution in [0.25, 0.3) is 10.2 Å². The van der Waals surface area contributed by atoms with E-state index in [1.807, 2.05) is 86.6 Å². The minimum Gasteiger partial charge on any atom is -0.386 e. The summed E-state index contributed by atoms with van der Waals surface area (Å²) >= 11 is 1.46. The number of nitrogens with one attached hydrogen (secondary N) is 1. The van der Waals surface area contributed by atoms with Crippen molar-refractivity contribution < 1.29 is 9.63 Å². The van der Waals surface area contributed by atoms with Gasteiger partial charge in [0.05, 0.1) is 10.2 Å². The Morgan fingerprint density at radius 2 is 1.61 bits per heavy atom. The number of nitrogens with zero attached hydrogens (tertiary/aromatic N) is 2. The molecule has 1 aliphatic rings. The fourth-order valence-corrected chi connectivity index (χ4v) is 4.58. The Hall–Kier alpha value is -3.51. The molecule has 2 atom stereocenters. The lowest BCUT2D eigenvalue weighted by Gasteiger charge is -2.18. The second-order valence-corrected chi connectivity index (χ2v) is 8.76. The molecule has 0 aliphatic carbocycles. The van der Waals surface area contributed by atoms with Crippen molar-refractivity contribution in [1.82, 2.24) is 4.98 Å². The Bertz CT molecular complexity index is 1240. The highest BCUT2D eigenvalue weighted by Gasteiger charge is 2.41. The van der Waals surface area contributed by atoms with E-state index in [2.05, 4.69) is 15.5 Å². The number of fused-ring (bicyclic) bond motifs is 1. The summed E-state index contributed by atoms with van der Waals surface area (Å²) in [5.74, 6) is -0.765. The fraction of sp³-hybridized carbons (Fsp3) is 0.160. The molecule has 1 aliphatic heterocycles. The van der Waals surface area contributed by atoms with Crippen molar-refractivity contribution in [3.8, 4) is 0 Å². The summed E-state index contributed by atoms with van der Waals surface area (Å²) in [5.41, 5.74) is 5.59. The Labute approximate surface area is 184 Å². The Balaban J connectivity index is 1.49. The van der Waals surface area contributed by atoms with Gasteiger partial charge < -0.3 is 10.2 Å². The lowest BCUT2D eigenvalue weighted by Crippen LogP contribution is -2.32. The number of aryl methyl sites for hydroxylation is 2. The first-order valence-corrected chi connectivity index (χ1v) is 10.9. The minimum absolute atomic E-state index is 0.179. The number of amides is 1. The van der Waals surface area contributed by atoms with Gasteiger partial charge in [-0.05, 0) is 31.5 Å². The summed E-state index contributed by atoms with van der Waals surface area (Å²) in [5, 5.41) is 7.92. The molecule has 0 saturated carbocycles. The van der Waals surface area contributed by atoms with Crippen molar-refractivity contribution in [2.45, 2.75) is 20.0 Å². The van der Waals surface area contributed by atoms with Gasteiger partial charge in [-0.1, -0.05) is 88.3 Å². The number of oxime groups is 1. The van der Waals surface area contributed by atoms with Crippen LogP contribution in [0.4, 0.5) is 5.13 Å². The standard InChI is InChI=1S/C25H21N3O2S/c1-15-7-11-17(12-8-15)22-21(23(30-28-22)18-13-9-16(2)10-14-18)24(29)27-25-26-19-5-3-4-6-20(19)31-25/h3-14,21,23H,1-2H3,(H,26,27,29). The molecule has 154 valence electrons. The Morgan fingerprint density at radius 3 is 2.32 bits per heavy atom. The first-order chi connectivity index (χ1) is 15.1. The maximum Gasteiger partial charge on any atom is 0.239 e. The second kappa shape index (κ2) is 7.96. The van der Waals surface area contributed by atoms with Gasteiger partial charge >= 0.3 is 0 Å². The van der Waals surface area contributed by atoms with E-state index in [0.29, 0.717) is 10.8 Å². The van der Waals surface area contributed by atoms with Crippen LogP contribution in [0.15, 0.2) is 78.0 Å². The zero-order chi connectivity index (χ0) is 21.4. The maximum atomic E-state index is 13.5. The van der Waals surface area contributed by atoms with E-state index in [1.165, 1.54) is 11.3 Å². The first-order valence-electron chi connectivity index (χ1n) is 10.1. The lowest BCUT2D eigenvalue weighted by molar-refractivity contribution is -0.120. The van der Waals surface area contributed by atoms with Gasteiger partial charge in [0.2, 0.25) is 5.91 Å². The molecule has 5 rings (SSSR count). The van der Waals surface area contributed by atoms with Crippen molar-refractivity contribution in [2.24, 2.45) is 11.1 Å². The number of hydrogen-bond donors (Lipinski definition) is 1. The smallest absolute Gasteiger partial charge is 0.239 e. The van der Waals surface area contributed by atoms with Gasteiger partial charge in [0, 0.05) is 5.56 Å². The quantitative estimate of drug-likeness (QED) is 0.458. The van der Waals surface area contributed by atoms with Crippen LogP contribution in [0.1, 0.15) is 28.4 Å². The predicted octanol–water partition coefficient (Wildman–Crippen LogP) is 5.64. The van der Waals surface area contributed by atoms with E-state index >= 15 is 0 Å². The van der Waals surface area contributed by atoms with Crippen molar-refractivity contribution in [3.63, 3.8) is 0 Å². The molecule has 0 fully saturated rings. The van der Waals surface area contributed by atoms with Crippen LogP contribution < -0.4 is 5.32 Å². The van der Waals surface area contributed by atoms with Crippen LogP contribution >= 0.6 is 11.3 Å². The molecule has 5 nitrogen and oxygen atoms in total. The van der Waals surface area contributed by atoms with Gasteiger partial charge in [-0.25, -0.2) is 4.98 Å². The molecule has 2 heterocycles. The molecular formula is C25H21N3O2S. The van der Waals surface area contributed by atoms with E-state index in [1.54, 1.807) is 0 Å². The number of aromatic nitrogens is 1. The topological polar surface area (TPSA) is 63.6 Å². The van der Waals surface area contributed by atoms with Crippen molar-refractivity contribution in [1.29, 1.82) is 0 Å².